The summed E-state index contributed by atoms with van der Waals surface area (Å²) in [5.41, 5.74) is 2.69. The Morgan fingerprint density at radius 1 is 1.21 bits per heavy atom. The molecule has 0 aliphatic rings. The third kappa shape index (κ3) is 3.91. The minimum atomic E-state index is -0.0706. The normalized spacial score (nSPS) is 11.0. The zero-order valence-electron chi connectivity index (χ0n) is 13.7. The van der Waals surface area contributed by atoms with E-state index < -0.39 is 0 Å². The first-order chi connectivity index (χ1) is 11.6. The summed E-state index contributed by atoms with van der Waals surface area (Å²) in [5, 5.41) is 2.87. The van der Waals surface area contributed by atoms with Crippen molar-refractivity contribution in [2.45, 2.75) is 6.54 Å². The van der Waals surface area contributed by atoms with E-state index in [1.807, 2.05) is 60.5 Å². The SMILES string of the molecule is COc1ccc(NC(=O)CN(C)Cc2nc3ccccc3[nH]2)cc1. The van der Waals surface area contributed by atoms with Crippen molar-refractivity contribution in [3.05, 3.63) is 54.4 Å². The molecule has 0 saturated carbocycles. The number of carbonyl (C=O) groups is 1. The zero-order valence-corrected chi connectivity index (χ0v) is 13.7. The molecule has 2 aromatic carbocycles. The topological polar surface area (TPSA) is 70.2 Å². The van der Waals surface area contributed by atoms with Crippen molar-refractivity contribution in [1.29, 1.82) is 0 Å². The van der Waals surface area contributed by atoms with Crippen molar-refractivity contribution >= 4 is 22.6 Å². The lowest BCUT2D eigenvalue weighted by Crippen LogP contribution is -2.30. The molecule has 1 heterocycles. The Bertz CT molecular complexity index is 793. The Balaban J connectivity index is 1.55. The molecule has 1 amide bonds. The number of imidazole rings is 1. The molecule has 0 aliphatic heterocycles. The van der Waals surface area contributed by atoms with Gasteiger partial charge in [0, 0.05) is 5.69 Å². The fourth-order valence-corrected chi connectivity index (χ4v) is 2.51. The standard InChI is InChI=1S/C18H20N4O2/c1-22(11-17-20-15-5-3-4-6-16(15)21-17)12-18(23)19-13-7-9-14(24-2)10-8-13/h3-10H,11-12H2,1-2H3,(H,19,23)(H,20,21). The van der Waals surface area contributed by atoms with E-state index >= 15 is 0 Å². The predicted molar refractivity (Wildman–Crippen MR) is 94.1 cm³/mol. The molecule has 0 fully saturated rings. The molecule has 0 bridgehead atoms. The first-order valence-corrected chi connectivity index (χ1v) is 7.70. The highest BCUT2D eigenvalue weighted by Gasteiger charge is 2.10. The van der Waals surface area contributed by atoms with Crippen LogP contribution >= 0.6 is 0 Å². The Morgan fingerprint density at radius 3 is 2.67 bits per heavy atom. The molecule has 24 heavy (non-hydrogen) atoms. The van der Waals surface area contributed by atoms with Crippen LogP contribution in [0.15, 0.2) is 48.5 Å². The van der Waals surface area contributed by atoms with E-state index in [2.05, 4.69) is 15.3 Å². The van der Waals surface area contributed by atoms with Gasteiger partial charge in [0.2, 0.25) is 5.91 Å². The van der Waals surface area contributed by atoms with Crippen LogP contribution in [0.3, 0.4) is 0 Å². The highest BCUT2D eigenvalue weighted by molar-refractivity contribution is 5.92. The van der Waals surface area contributed by atoms with Crippen molar-refractivity contribution in [2.24, 2.45) is 0 Å². The Morgan fingerprint density at radius 2 is 1.96 bits per heavy atom. The molecule has 0 radical (unpaired) electrons. The van der Waals surface area contributed by atoms with Crippen molar-refractivity contribution in [3.8, 4) is 5.75 Å². The van der Waals surface area contributed by atoms with Crippen LogP contribution in [0.2, 0.25) is 0 Å². The van der Waals surface area contributed by atoms with Gasteiger partial charge in [-0.25, -0.2) is 4.98 Å². The van der Waals surface area contributed by atoms with Gasteiger partial charge in [-0.2, -0.15) is 0 Å². The van der Waals surface area contributed by atoms with Crippen molar-refractivity contribution in [2.75, 3.05) is 26.0 Å². The summed E-state index contributed by atoms with van der Waals surface area (Å²) in [5.74, 6) is 1.53. The van der Waals surface area contributed by atoms with E-state index in [1.165, 1.54) is 0 Å². The van der Waals surface area contributed by atoms with Crippen molar-refractivity contribution < 1.29 is 9.53 Å². The fourth-order valence-electron chi connectivity index (χ4n) is 2.51. The van der Waals surface area contributed by atoms with Crippen LogP contribution in [-0.2, 0) is 11.3 Å². The number of aromatic nitrogens is 2. The summed E-state index contributed by atoms with van der Waals surface area (Å²) < 4.78 is 5.10. The molecule has 0 aliphatic carbocycles. The van der Waals surface area contributed by atoms with Gasteiger partial charge in [0.1, 0.15) is 11.6 Å². The maximum Gasteiger partial charge on any atom is 0.238 e. The van der Waals surface area contributed by atoms with Crippen LogP contribution in [0.1, 0.15) is 5.82 Å². The number of carbonyl (C=O) groups excluding carboxylic acids is 1. The molecule has 0 atom stereocenters. The largest absolute Gasteiger partial charge is 0.497 e. The molecule has 0 unspecified atom stereocenters. The molecule has 2 N–H and O–H groups in total. The van der Waals surface area contributed by atoms with Crippen LogP contribution < -0.4 is 10.1 Å². The number of hydrogen-bond donors (Lipinski definition) is 2. The minimum absolute atomic E-state index is 0.0706. The third-order valence-corrected chi connectivity index (χ3v) is 3.65. The Kier molecular flexibility index (Phi) is 4.77. The molecule has 0 spiro atoms. The first kappa shape index (κ1) is 16.0. The number of amides is 1. The number of rotatable bonds is 6. The van der Waals surface area contributed by atoms with Gasteiger partial charge in [0.25, 0.3) is 0 Å². The van der Waals surface area contributed by atoms with Gasteiger partial charge in [-0.1, -0.05) is 12.1 Å². The average Bonchev–Trinajstić information content (AvgIpc) is 2.97. The smallest absolute Gasteiger partial charge is 0.238 e. The monoisotopic (exact) mass is 324 g/mol. The highest BCUT2D eigenvalue weighted by atomic mass is 16.5. The maximum absolute atomic E-state index is 12.1. The molecule has 3 aromatic rings. The summed E-state index contributed by atoms with van der Waals surface area (Å²) in [6.07, 6.45) is 0. The van der Waals surface area contributed by atoms with E-state index in [9.17, 15) is 4.79 Å². The number of anilines is 1. The first-order valence-electron chi connectivity index (χ1n) is 7.70. The number of fused-ring (bicyclic) bond motifs is 1. The number of nitrogens with one attached hydrogen (secondary N) is 2. The summed E-state index contributed by atoms with van der Waals surface area (Å²) in [6, 6.07) is 15.1. The van der Waals surface area contributed by atoms with Crippen LogP contribution in [0.25, 0.3) is 11.0 Å². The molecular formula is C18H20N4O2. The lowest BCUT2D eigenvalue weighted by atomic mass is 10.3. The minimum Gasteiger partial charge on any atom is -0.497 e. The van der Waals surface area contributed by atoms with Crippen LogP contribution in [-0.4, -0.2) is 41.5 Å². The molecule has 124 valence electrons. The van der Waals surface area contributed by atoms with E-state index in [1.54, 1.807) is 7.11 Å². The molecule has 6 heteroatoms. The number of para-hydroxylation sites is 2. The number of benzene rings is 2. The summed E-state index contributed by atoms with van der Waals surface area (Å²) in [6.45, 7) is 0.855. The van der Waals surface area contributed by atoms with Crippen LogP contribution in [0.4, 0.5) is 5.69 Å². The van der Waals surface area contributed by atoms with E-state index in [4.69, 9.17) is 4.74 Å². The second kappa shape index (κ2) is 7.14. The summed E-state index contributed by atoms with van der Waals surface area (Å²) in [7, 11) is 3.50. The average molecular weight is 324 g/mol. The van der Waals surface area contributed by atoms with Crippen LogP contribution in [0.5, 0.6) is 5.75 Å². The van der Waals surface area contributed by atoms with Gasteiger partial charge < -0.3 is 15.0 Å². The van der Waals surface area contributed by atoms with Crippen molar-refractivity contribution in [1.82, 2.24) is 14.9 Å². The number of likely N-dealkylation sites (N-methyl/N-ethyl adjacent to an activating group) is 1. The third-order valence-electron chi connectivity index (χ3n) is 3.65. The number of ether oxygens (including phenoxy) is 1. The van der Waals surface area contributed by atoms with Gasteiger partial charge in [-0.05, 0) is 43.4 Å². The lowest BCUT2D eigenvalue weighted by molar-refractivity contribution is -0.117. The van der Waals surface area contributed by atoms with E-state index in [-0.39, 0.29) is 12.5 Å². The second-order valence-electron chi connectivity index (χ2n) is 5.65. The highest BCUT2D eigenvalue weighted by Crippen LogP contribution is 2.15. The fraction of sp³-hybridized carbons (Fsp3) is 0.222. The van der Waals surface area contributed by atoms with Gasteiger partial charge in [-0.15, -0.1) is 0 Å². The molecular weight excluding hydrogens is 304 g/mol. The van der Waals surface area contributed by atoms with E-state index in [0.717, 1.165) is 28.3 Å². The predicted octanol–water partition coefficient (Wildman–Crippen LogP) is 2.64. The second-order valence-corrected chi connectivity index (χ2v) is 5.65. The zero-order chi connectivity index (χ0) is 16.9. The van der Waals surface area contributed by atoms with Gasteiger partial charge in [0.05, 0.1) is 31.2 Å². The van der Waals surface area contributed by atoms with E-state index in [0.29, 0.717) is 6.54 Å². The molecule has 6 nitrogen and oxygen atoms in total. The number of nitrogens with zero attached hydrogens (tertiary/aromatic N) is 2. The lowest BCUT2D eigenvalue weighted by Gasteiger charge is -2.15. The summed E-state index contributed by atoms with van der Waals surface area (Å²) in [4.78, 5) is 21.8. The summed E-state index contributed by atoms with van der Waals surface area (Å²) >= 11 is 0. The maximum atomic E-state index is 12.1. The van der Waals surface area contributed by atoms with Crippen molar-refractivity contribution in [3.63, 3.8) is 0 Å². The number of aromatic amines is 1. The van der Waals surface area contributed by atoms with Crippen LogP contribution in [0, 0.1) is 0 Å². The molecule has 3 rings (SSSR count). The quantitative estimate of drug-likeness (QED) is 0.731. The Hall–Kier alpha value is -2.86. The Labute approximate surface area is 140 Å². The van der Waals surface area contributed by atoms with Gasteiger partial charge in [-0.3, -0.25) is 9.69 Å². The van der Waals surface area contributed by atoms with Gasteiger partial charge in [0.15, 0.2) is 0 Å². The number of methoxy groups -OCH3 is 1. The molecule has 1 aromatic heterocycles. The molecule has 0 saturated heterocycles. The van der Waals surface area contributed by atoms with Gasteiger partial charge >= 0.3 is 0 Å². The number of hydrogen-bond acceptors (Lipinski definition) is 4. The number of H-pyrrole nitrogens is 1.